The Labute approximate surface area is 109 Å². The van der Waals surface area contributed by atoms with Crippen LogP contribution in [0, 0.1) is 0 Å². The second kappa shape index (κ2) is 6.41. The number of thioether (sulfide) groups is 1. The Hall–Kier alpha value is 0.230. The fraction of sp³-hybridized carbons (Fsp3) is 1.00. The lowest BCUT2D eigenvalue weighted by molar-refractivity contribution is -0.0126. The first kappa shape index (κ1) is 13.7. The van der Waals surface area contributed by atoms with Gasteiger partial charge < -0.3 is 9.84 Å². The molecule has 2 aliphatic heterocycles. The maximum absolute atomic E-state index is 10.6. The molecule has 2 saturated heterocycles. The highest BCUT2D eigenvalue weighted by Crippen LogP contribution is 2.28. The molecule has 0 amide bonds. The molecule has 1 unspecified atom stereocenters. The average molecular weight is 259 g/mol. The number of ether oxygens (including phenoxy) is 1. The lowest BCUT2D eigenvalue weighted by Crippen LogP contribution is -2.47. The van der Waals surface area contributed by atoms with Crippen molar-refractivity contribution in [3.63, 3.8) is 0 Å². The summed E-state index contributed by atoms with van der Waals surface area (Å²) in [4.78, 5) is 2.41. The van der Waals surface area contributed by atoms with Crippen LogP contribution >= 0.6 is 11.8 Å². The molecule has 0 aromatic rings. The minimum absolute atomic E-state index is 0.360. The molecular formula is C13H25NO2S. The molecule has 2 rings (SSSR count). The van der Waals surface area contributed by atoms with Gasteiger partial charge in [0.05, 0.1) is 11.7 Å². The van der Waals surface area contributed by atoms with Crippen LogP contribution in [0.5, 0.6) is 0 Å². The Morgan fingerprint density at radius 2 is 2.18 bits per heavy atom. The zero-order valence-corrected chi connectivity index (χ0v) is 11.7. The molecule has 0 bridgehead atoms. The van der Waals surface area contributed by atoms with E-state index < -0.39 is 5.60 Å². The molecule has 100 valence electrons. The summed E-state index contributed by atoms with van der Waals surface area (Å²) in [6.07, 6.45) is 4.43. The Bertz CT molecular complexity index is 231. The minimum Gasteiger partial charge on any atom is -0.388 e. The monoisotopic (exact) mass is 259 g/mol. The fourth-order valence-electron chi connectivity index (χ4n) is 2.69. The van der Waals surface area contributed by atoms with Crippen molar-refractivity contribution < 1.29 is 9.84 Å². The number of aliphatic hydroxyl groups is 1. The number of rotatable bonds is 3. The normalized spacial score (nSPS) is 31.1. The lowest BCUT2D eigenvalue weighted by Gasteiger charge is -2.37. The van der Waals surface area contributed by atoms with Crippen molar-refractivity contribution >= 4 is 11.8 Å². The van der Waals surface area contributed by atoms with E-state index in [9.17, 15) is 5.11 Å². The Kier molecular flexibility index (Phi) is 5.15. The number of hydrogen-bond donors (Lipinski definition) is 1. The van der Waals surface area contributed by atoms with Crippen molar-refractivity contribution in [3.8, 4) is 0 Å². The first-order chi connectivity index (χ1) is 8.22. The summed E-state index contributed by atoms with van der Waals surface area (Å²) in [5.74, 6) is 2.22. The van der Waals surface area contributed by atoms with Crippen LogP contribution in [0.15, 0.2) is 0 Å². The summed E-state index contributed by atoms with van der Waals surface area (Å²) in [6, 6.07) is 0. The van der Waals surface area contributed by atoms with Gasteiger partial charge in [-0.25, -0.2) is 0 Å². The van der Waals surface area contributed by atoms with Gasteiger partial charge in [0.2, 0.25) is 0 Å². The molecule has 0 aromatic heterocycles. The van der Waals surface area contributed by atoms with E-state index in [2.05, 4.69) is 11.8 Å². The van der Waals surface area contributed by atoms with Gasteiger partial charge in [-0.1, -0.05) is 6.92 Å². The molecule has 0 aliphatic carbocycles. The summed E-state index contributed by atoms with van der Waals surface area (Å²) in [7, 11) is 0. The number of nitrogens with zero attached hydrogens (tertiary/aromatic N) is 1. The number of hydrogen-bond acceptors (Lipinski definition) is 4. The summed E-state index contributed by atoms with van der Waals surface area (Å²) in [6.45, 7) is 5.97. The van der Waals surface area contributed by atoms with Gasteiger partial charge in [-0.15, -0.1) is 0 Å². The molecular weight excluding hydrogens is 234 g/mol. The Morgan fingerprint density at radius 3 is 2.88 bits per heavy atom. The SMILES string of the molecule is CCC1CN(CC2(O)CCSCC2)CCCO1. The van der Waals surface area contributed by atoms with Crippen LogP contribution in [0.4, 0.5) is 0 Å². The molecule has 4 heteroatoms. The average Bonchev–Trinajstić information content (AvgIpc) is 2.54. The van der Waals surface area contributed by atoms with Gasteiger partial charge >= 0.3 is 0 Å². The Balaban J connectivity index is 1.87. The molecule has 0 spiro atoms. The molecule has 1 N–H and O–H groups in total. The molecule has 2 heterocycles. The van der Waals surface area contributed by atoms with Crippen LogP contribution in [0.1, 0.15) is 32.6 Å². The zero-order chi connectivity index (χ0) is 12.1. The summed E-state index contributed by atoms with van der Waals surface area (Å²) in [5, 5.41) is 10.6. The maximum Gasteiger partial charge on any atom is 0.0789 e. The topological polar surface area (TPSA) is 32.7 Å². The summed E-state index contributed by atoms with van der Waals surface area (Å²) >= 11 is 1.97. The van der Waals surface area contributed by atoms with Crippen molar-refractivity contribution in [2.45, 2.75) is 44.3 Å². The third-order valence-electron chi connectivity index (χ3n) is 3.83. The maximum atomic E-state index is 10.6. The van der Waals surface area contributed by atoms with E-state index in [1.807, 2.05) is 11.8 Å². The van der Waals surface area contributed by atoms with E-state index in [4.69, 9.17) is 4.74 Å². The predicted molar refractivity (Wildman–Crippen MR) is 72.6 cm³/mol. The second-order valence-electron chi connectivity index (χ2n) is 5.33. The van der Waals surface area contributed by atoms with E-state index in [-0.39, 0.29) is 0 Å². The van der Waals surface area contributed by atoms with Crippen molar-refractivity contribution in [2.24, 2.45) is 0 Å². The molecule has 17 heavy (non-hydrogen) atoms. The first-order valence-electron chi connectivity index (χ1n) is 6.86. The van der Waals surface area contributed by atoms with Crippen LogP contribution in [0.3, 0.4) is 0 Å². The van der Waals surface area contributed by atoms with Gasteiger partial charge in [0, 0.05) is 26.2 Å². The molecule has 2 aliphatic rings. The van der Waals surface area contributed by atoms with Gasteiger partial charge in [-0.2, -0.15) is 11.8 Å². The van der Waals surface area contributed by atoms with Crippen molar-refractivity contribution in [1.29, 1.82) is 0 Å². The van der Waals surface area contributed by atoms with E-state index in [1.54, 1.807) is 0 Å². The van der Waals surface area contributed by atoms with Crippen molar-refractivity contribution in [1.82, 2.24) is 4.90 Å². The summed E-state index contributed by atoms with van der Waals surface area (Å²) in [5.41, 5.74) is -0.437. The van der Waals surface area contributed by atoms with Gasteiger partial charge in [0.25, 0.3) is 0 Å². The highest BCUT2D eigenvalue weighted by molar-refractivity contribution is 7.99. The predicted octanol–water partition coefficient (Wildman–Crippen LogP) is 1.75. The Morgan fingerprint density at radius 1 is 1.41 bits per heavy atom. The van der Waals surface area contributed by atoms with Crippen LogP contribution < -0.4 is 0 Å². The standard InChI is InChI=1S/C13H25NO2S/c1-2-12-10-14(6-3-7-16-12)11-13(15)4-8-17-9-5-13/h12,15H,2-11H2,1H3. The van der Waals surface area contributed by atoms with Gasteiger partial charge in [-0.05, 0) is 37.2 Å². The molecule has 0 radical (unpaired) electrons. The fourth-order valence-corrected chi connectivity index (χ4v) is 3.94. The molecule has 2 fully saturated rings. The molecule has 0 aromatic carbocycles. The van der Waals surface area contributed by atoms with E-state index in [0.717, 1.165) is 63.4 Å². The lowest BCUT2D eigenvalue weighted by atomic mass is 9.96. The zero-order valence-electron chi connectivity index (χ0n) is 10.9. The third kappa shape index (κ3) is 4.12. The highest BCUT2D eigenvalue weighted by Gasteiger charge is 2.32. The minimum atomic E-state index is -0.437. The largest absolute Gasteiger partial charge is 0.388 e. The van der Waals surface area contributed by atoms with Crippen molar-refractivity contribution in [3.05, 3.63) is 0 Å². The van der Waals surface area contributed by atoms with Gasteiger partial charge in [0.1, 0.15) is 0 Å². The van der Waals surface area contributed by atoms with Gasteiger partial charge in [0.15, 0.2) is 0 Å². The van der Waals surface area contributed by atoms with Crippen molar-refractivity contribution in [2.75, 3.05) is 37.7 Å². The molecule has 0 saturated carbocycles. The first-order valence-corrected chi connectivity index (χ1v) is 8.01. The smallest absolute Gasteiger partial charge is 0.0789 e. The van der Waals surface area contributed by atoms with Crippen LogP contribution in [-0.4, -0.2) is 59.5 Å². The third-order valence-corrected chi connectivity index (χ3v) is 4.82. The quantitative estimate of drug-likeness (QED) is 0.837. The van der Waals surface area contributed by atoms with Crippen LogP contribution in [0.2, 0.25) is 0 Å². The van der Waals surface area contributed by atoms with Crippen LogP contribution in [-0.2, 0) is 4.74 Å². The molecule has 3 nitrogen and oxygen atoms in total. The van der Waals surface area contributed by atoms with E-state index >= 15 is 0 Å². The van der Waals surface area contributed by atoms with Crippen LogP contribution in [0.25, 0.3) is 0 Å². The van der Waals surface area contributed by atoms with Gasteiger partial charge in [-0.3, -0.25) is 4.90 Å². The number of β-amino-alcohol motifs (C(OH)–C–C–N with tert-alkyl or cyclic N) is 1. The summed E-state index contributed by atoms with van der Waals surface area (Å²) < 4.78 is 5.78. The van der Waals surface area contributed by atoms with E-state index in [1.165, 1.54) is 0 Å². The second-order valence-corrected chi connectivity index (χ2v) is 6.55. The highest BCUT2D eigenvalue weighted by atomic mass is 32.2. The van der Waals surface area contributed by atoms with E-state index in [0.29, 0.717) is 6.10 Å². The molecule has 1 atom stereocenters.